The van der Waals surface area contributed by atoms with Crippen LogP contribution in [0.5, 0.6) is 0 Å². The van der Waals surface area contributed by atoms with Crippen LogP contribution < -0.4 is 4.90 Å². The van der Waals surface area contributed by atoms with Crippen LogP contribution in [0.4, 0.5) is 11.4 Å². The predicted molar refractivity (Wildman–Crippen MR) is 195 cm³/mol. The van der Waals surface area contributed by atoms with Gasteiger partial charge in [-0.25, -0.2) is 4.98 Å². The van der Waals surface area contributed by atoms with E-state index in [-0.39, 0.29) is 11.5 Å². The summed E-state index contributed by atoms with van der Waals surface area (Å²) >= 11 is 1.86. The number of allylic oxidation sites excluding steroid dienone is 2. The van der Waals surface area contributed by atoms with Gasteiger partial charge in [-0.1, -0.05) is 91.0 Å². The van der Waals surface area contributed by atoms with Gasteiger partial charge in [0.1, 0.15) is 5.82 Å². The van der Waals surface area contributed by atoms with Crippen molar-refractivity contribution in [1.82, 2.24) is 9.55 Å². The predicted octanol–water partition coefficient (Wildman–Crippen LogP) is 11.1. The molecule has 0 bridgehead atoms. The summed E-state index contributed by atoms with van der Waals surface area (Å²) in [6.07, 6.45) is 9.10. The Labute approximate surface area is 271 Å². The number of hydrogen-bond acceptors (Lipinski definition) is 3. The third-order valence-corrected chi connectivity index (χ3v) is 11.2. The topological polar surface area (TPSA) is 21.1 Å². The van der Waals surface area contributed by atoms with Gasteiger partial charge < -0.3 is 4.90 Å². The molecule has 10 rings (SSSR count). The maximum absolute atomic E-state index is 5.26. The monoisotopic (exact) mass is 607 g/mol. The first-order valence-electron chi connectivity index (χ1n) is 15.8. The second-order valence-electron chi connectivity index (χ2n) is 12.6. The van der Waals surface area contributed by atoms with Crippen molar-refractivity contribution in [2.75, 3.05) is 4.90 Å². The lowest BCUT2D eigenvalue weighted by Crippen LogP contribution is -2.39. The van der Waals surface area contributed by atoms with Crippen molar-refractivity contribution in [2.45, 2.75) is 18.4 Å². The molecule has 0 fully saturated rings. The zero-order chi connectivity index (χ0) is 30.4. The minimum Gasteiger partial charge on any atom is -0.333 e. The molecule has 5 aromatic carbocycles. The van der Waals surface area contributed by atoms with Crippen LogP contribution in [0.1, 0.15) is 12.5 Å². The molecule has 0 radical (unpaired) electrons. The molecule has 4 heteroatoms. The van der Waals surface area contributed by atoms with Crippen LogP contribution in [0.3, 0.4) is 0 Å². The minimum absolute atomic E-state index is 0.0583. The van der Waals surface area contributed by atoms with Crippen LogP contribution in [0.15, 0.2) is 152 Å². The summed E-state index contributed by atoms with van der Waals surface area (Å²) in [7, 11) is 0. The quantitative estimate of drug-likeness (QED) is 0.199. The summed E-state index contributed by atoms with van der Waals surface area (Å²) < 4.78 is 4.88. The van der Waals surface area contributed by atoms with E-state index in [4.69, 9.17) is 4.98 Å². The smallest absolute Gasteiger partial charge is 0.138 e. The Morgan fingerprint density at radius 3 is 2.20 bits per heavy atom. The molecule has 1 aliphatic heterocycles. The average Bonchev–Trinajstić information content (AvgIpc) is 3.73. The fourth-order valence-corrected chi connectivity index (χ4v) is 8.93. The van der Waals surface area contributed by atoms with E-state index in [1.54, 1.807) is 0 Å². The van der Waals surface area contributed by atoms with Crippen LogP contribution >= 0.6 is 11.3 Å². The lowest BCUT2D eigenvalue weighted by molar-refractivity contribution is 0.551. The van der Waals surface area contributed by atoms with Gasteiger partial charge in [0.25, 0.3) is 0 Å². The van der Waals surface area contributed by atoms with E-state index in [1.807, 2.05) is 11.3 Å². The second kappa shape index (κ2) is 9.53. The highest BCUT2D eigenvalue weighted by molar-refractivity contribution is 7.25. The minimum atomic E-state index is -0.0583. The molecule has 4 heterocycles. The van der Waals surface area contributed by atoms with Crippen LogP contribution in [0, 0.1) is 0 Å². The number of benzene rings is 5. The van der Waals surface area contributed by atoms with Crippen molar-refractivity contribution in [2.24, 2.45) is 0 Å². The lowest BCUT2D eigenvalue weighted by atomic mass is 9.76. The molecule has 46 heavy (non-hydrogen) atoms. The number of hydrogen-bond donors (Lipinski definition) is 0. The Bertz CT molecular complexity index is 2530. The summed E-state index contributed by atoms with van der Waals surface area (Å²) in [6.45, 7) is 2.36. The largest absolute Gasteiger partial charge is 0.333 e. The van der Waals surface area contributed by atoms with E-state index >= 15 is 0 Å². The zero-order valence-electron chi connectivity index (χ0n) is 25.3. The molecule has 0 N–H and O–H groups in total. The van der Waals surface area contributed by atoms with E-state index in [9.17, 15) is 0 Å². The summed E-state index contributed by atoms with van der Waals surface area (Å²) in [5.74, 6) is 0.929. The molecule has 0 saturated heterocycles. The molecule has 2 unspecified atom stereocenters. The second-order valence-corrected chi connectivity index (χ2v) is 13.7. The molecular formula is C42H29N3S. The third kappa shape index (κ3) is 3.56. The van der Waals surface area contributed by atoms with Gasteiger partial charge in [-0.3, -0.25) is 4.57 Å². The zero-order valence-corrected chi connectivity index (χ0v) is 26.1. The van der Waals surface area contributed by atoms with Crippen LogP contribution in [-0.4, -0.2) is 15.6 Å². The number of rotatable bonds is 3. The first-order chi connectivity index (χ1) is 22.7. The van der Waals surface area contributed by atoms with Crippen molar-refractivity contribution in [3.05, 3.63) is 157 Å². The number of pyridine rings is 1. The van der Waals surface area contributed by atoms with E-state index in [0.717, 1.165) is 17.1 Å². The van der Waals surface area contributed by atoms with Gasteiger partial charge in [0.2, 0.25) is 0 Å². The standard InChI is InChI=1S/C42H29N3S/c1-42-24-9-8-18-40(42)44(37-17-7-4-13-33(37)42)28-21-23-39-32(26-28)31-25-27(20-22-38(31)46-39)34-14-10-19-41(43-34)45-35-15-5-2-11-29(35)30-12-3-6-16-36(30)45/h2-26,40H,1H3. The molecule has 3 aromatic heterocycles. The molecule has 3 nitrogen and oxygen atoms in total. The van der Waals surface area contributed by atoms with Crippen molar-refractivity contribution in [3.8, 4) is 17.1 Å². The molecule has 0 spiro atoms. The molecule has 0 saturated carbocycles. The van der Waals surface area contributed by atoms with E-state index < -0.39 is 0 Å². The lowest BCUT2D eigenvalue weighted by Gasteiger charge is -2.34. The number of fused-ring (bicyclic) bond motifs is 9. The van der Waals surface area contributed by atoms with Crippen molar-refractivity contribution in [3.63, 3.8) is 0 Å². The maximum atomic E-state index is 5.26. The number of aromatic nitrogens is 2. The normalized spacial score (nSPS) is 18.6. The Hall–Kier alpha value is -5.45. The SMILES string of the molecule is CC12C=CC=CC1N(c1ccc3sc4ccc(-c5cccc(-n6c7ccccc7c7ccccc76)n5)cc4c3c1)c1ccccc12. The molecule has 218 valence electrons. The van der Waals surface area contributed by atoms with Crippen molar-refractivity contribution >= 4 is 64.7 Å². The summed E-state index contributed by atoms with van der Waals surface area (Å²) in [6, 6.07) is 46.5. The van der Waals surface area contributed by atoms with Crippen LogP contribution in [0.25, 0.3) is 59.1 Å². The summed E-state index contributed by atoms with van der Waals surface area (Å²) in [5, 5.41) is 5.05. The van der Waals surface area contributed by atoms with E-state index in [0.29, 0.717) is 0 Å². The molecular weight excluding hydrogens is 579 g/mol. The summed E-state index contributed by atoms with van der Waals surface area (Å²) in [5.41, 5.74) is 8.28. The Balaban J connectivity index is 1.11. The van der Waals surface area contributed by atoms with Gasteiger partial charge in [-0.15, -0.1) is 11.3 Å². The van der Waals surface area contributed by atoms with Crippen LogP contribution in [0.2, 0.25) is 0 Å². The summed E-state index contributed by atoms with van der Waals surface area (Å²) in [4.78, 5) is 7.79. The highest BCUT2D eigenvalue weighted by atomic mass is 32.1. The van der Waals surface area contributed by atoms with Gasteiger partial charge in [0.15, 0.2) is 0 Å². The van der Waals surface area contributed by atoms with Crippen LogP contribution in [-0.2, 0) is 5.41 Å². The van der Waals surface area contributed by atoms with Crippen molar-refractivity contribution < 1.29 is 0 Å². The first kappa shape index (κ1) is 25.8. The van der Waals surface area contributed by atoms with Gasteiger partial charge in [0, 0.05) is 53.3 Å². The average molecular weight is 608 g/mol. The fraction of sp³-hybridized carbons (Fsp3) is 0.0714. The Morgan fingerprint density at radius 2 is 1.37 bits per heavy atom. The van der Waals surface area contributed by atoms with Gasteiger partial charge in [0.05, 0.1) is 22.8 Å². The fourth-order valence-electron chi connectivity index (χ4n) is 7.87. The molecule has 8 aromatic rings. The molecule has 2 aliphatic rings. The highest BCUT2D eigenvalue weighted by Crippen LogP contribution is 2.52. The highest BCUT2D eigenvalue weighted by Gasteiger charge is 2.46. The van der Waals surface area contributed by atoms with E-state index in [2.05, 4.69) is 168 Å². The number of nitrogens with zero attached hydrogens (tertiary/aromatic N) is 3. The number of thiophene rings is 1. The van der Waals surface area contributed by atoms with Gasteiger partial charge in [-0.05, 0) is 73.2 Å². The van der Waals surface area contributed by atoms with Gasteiger partial charge in [-0.2, -0.15) is 0 Å². The van der Waals surface area contributed by atoms with E-state index in [1.165, 1.54) is 58.9 Å². The van der Waals surface area contributed by atoms with Crippen molar-refractivity contribution in [1.29, 1.82) is 0 Å². The molecule has 2 atom stereocenters. The Kier molecular flexibility index (Phi) is 5.35. The maximum Gasteiger partial charge on any atom is 0.138 e. The Morgan fingerprint density at radius 1 is 0.652 bits per heavy atom. The number of anilines is 2. The molecule has 0 amide bonds. The van der Waals surface area contributed by atoms with Gasteiger partial charge >= 0.3 is 0 Å². The number of para-hydroxylation sites is 3. The third-order valence-electron chi connectivity index (χ3n) is 10.1. The molecule has 1 aliphatic carbocycles. The first-order valence-corrected chi connectivity index (χ1v) is 16.7.